The van der Waals surface area contributed by atoms with Crippen molar-refractivity contribution < 1.29 is 52.7 Å². The van der Waals surface area contributed by atoms with Crippen LogP contribution >= 0.6 is 11.8 Å². The van der Waals surface area contributed by atoms with Crippen LogP contribution in [0.2, 0.25) is 0 Å². The minimum Gasteiger partial charge on any atom is -0.493 e. The predicted molar refractivity (Wildman–Crippen MR) is 253 cm³/mol. The zero-order valence-electron chi connectivity index (χ0n) is 38.1. The highest BCUT2D eigenvalue weighted by Gasteiger charge is 2.58. The maximum atomic E-state index is 14.4. The Hall–Kier alpha value is -6.13. The number of hydrogen-bond donors (Lipinski definition) is 1. The molecule has 67 heavy (non-hydrogen) atoms. The molecule has 0 bridgehead atoms. The summed E-state index contributed by atoms with van der Waals surface area (Å²) in [4.78, 5) is 62.8. The lowest BCUT2D eigenvalue weighted by molar-refractivity contribution is 0.0496. The number of aliphatic hydroxyl groups excluding tert-OH is 1. The van der Waals surface area contributed by atoms with Gasteiger partial charge in [-0.25, -0.2) is 14.5 Å². The van der Waals surface area contributed by atoms with Crippen LogP contribution in [0.5, 0.6) is 23.0 Å². The van der Waals surface area contributed by atoms with Crippen molar-refractivity contribution in [3.63, 3.8) is 0 Å². The fourth-order valence-electron chi connectivity index (χ4n) is 9.66. The summed E-state index contributed by atoms with van der Waals surface area (Å²) in [6, 6.07) is 14.0. The number of ether oxygens (including phenoxy) is 6. The van der Waals surface area contributed by atoms with E-state index in [0.717, 1.165) is 28.9 Å². The molecule has 2 aliphatic carbocycles. The molecule has 4 aliphatic heterocycles. The largest absolute Gasteiger partial charge is 0.493 e. The van der Waals surface area contributed by atoms with E-state index in [1.807, 2.05) is 18.0 Å². The number of amides is 4. The highest BCUT2D eigenvalue weighted by Crippen LogP contribution is 2.57. The van der Waals surface area contributed by atoms with Gasteiger partial charge >= 0.3 is 12.2 Å². The summed E-state index contributed by atoms with van der Waals surface area (Å²) < 4.78 is 34.8. The van der Waals surface area contributed by atoms with Gasteiger partial charge in [0.2, 0.25) is 0 Å². The Morgan fingerprint density at radius 2 is 1.45 bits per heavy atom. The Labute approximate surface area is 395 Å². The number of carbonyl (C=O) groups is 4. The van der Waals surface area contributed by atoms with Gasteiger partial charge in [0, 0.05) is 35.0 Å². The fraction of sp³-hybridized carbons (Fsp3) is 0.451. The van der Waals surface area contributed by atoms with Gasteiger partial charge in [0.15, 0.2) is 29.2 Å². The molecule has 4 amide bonds. The van der Waals surface area contributed by atoms with Crippen LogP contribution in [-0.2, 0) is 9.47 Å². The van der Waals surface area contributed by atoms with Crippen molar-refractivity contribution in [1.82, 2.24) is 9.80 Å². The van der Waals surface area contributed by atoms with Crippen molar-refractivity contribution in [1.29, 1.82) is 0 Å². The number of anilines is 2. The first-order chi connectivity index (χ1) is 32.5. The Morgan fingerprint density at radius 1 is 0.821 bits per heavy atom. The van der Waals surface area contributed by atoms with Crippen molar-refractivity contribution in [2.45, 2.75) is 92.7 Å². The smallest absolute Gasteiger partial charge is 0.416 e. The zero-order chi connectivity index (χ0) is 46.8. The molecule has 6 aliphatic rings. The SMILES string of the molecule is C=CCOC(=O)N1C[C@@H]2CC(c3ccc(SC4CCC4)cc3)=CN2C(=O)c2cc(OC)c(OCCCCCOc3cc4c(cc3OC)C(=O)N3CC5(CC5)C[C@H]3C(O)N4C(=O)OCC=C)cc21. The predicted octanol–water partition coefficient (Wildman–Crippen LogP) is 8.83. The fourth-order valence-corrected chi connectivity index (χ4v) is 10.9. The van der Waals surface area contributed by atoms with E-state index in [4.69, 9.17) is 28.4 Å². The normalized spacial score (nSPS) is 21.2. The van der Waals surface area contributed by atoms with Gasteiger partial charge in [-0.05, 0) is 98.6 Å². The molecule has 9 rings (SSSR count). The maximum Gasteiger partial charge on any atom is 0.416 e. The van der Waals surface area contributed by atoms with Crippen LogP contribution in [0.3, 0.4) is 0 Å². The molecule has 1 N–H and O–H groups in total. The number of thioether (sulfide) groups is 1. The molecule has 1 spiro atoms. The molecule has 3 aromatic carbocycles. The highest BCUT2D eigenvalue weighted by molar-refractivity contribution is 8.00. The highest BCUT2D eigenvalue weighted by atomic mass is 32.2. The molecule has 16 heteroatoms. The van der Waals surface area contributed by atoms with Crippen molar-refractivity contribution in [2.75, 3.05) is 63.5 Å². The van der Waals surface area contributed by atoms with Crippen LogP contribution in [0.25, 0.3) is 5.57 Å². The molecule has 3 atom stereocenters. The van der Waals surface area contributed by atoms with Crippen LogP contribution in [-0.4, -0.2) is 116 Å². The topological polar surface area (TPSA) is 157 Å². The summed E-state index contributed by atoms with van der Waals surface area (Å²) in [5.41, 5.74) is 3.10. The third-order valence-corrected chi connectivity index (χ3v) is 15.0. The number of benzene rings is 3. The van der Waals surface area contributed by atoms with E-state index in [9.17, 15) is 24.3 Å². The van der Waals surface area contributed by atoms with Crippen molar-refractivity contribution >= 4 is 52.7 Å². The molecule has 4 heterocycles. The number of carbonyl (C=O) groups excluding carboxylic acids is 4. The lowest BCUT2D eigenvalue weighted by Crippen LogP contribution is -2.50. The molecule has 2 saturated carbocycles. The lowest BCUT2D eigenvalue weighted by Gasteiger charge is -2.31. The molecule has 15 nitrogen and oxygen atoms in total. The Kier molecular flexibility index (Phi) is 13.5. The first-order valence-corrected chi connectivity index (χ1v) is 24.0. The minimum absolute atomic E-state index is 0.00977. The quantitative estimate of drug-likeness (QED) is 0.102. The van der Waals surface area contributed by atoms with Crippen molar-refractivity contribution in [3.05, 3.63) is 96.7 Å². The van der Waals surface area contributed by atoms with Gasteiger partial charge in [0.05, 0.1) is 68.6 Å². The standard InChI is InChI=1S/C51H58N4O11S/c1-5-19-65-49(59)53-30-34-23-33(32-13-15-36(16-14-32)67-35-11-10-12-35)29-52(34)46(56)37-24-42(61-3)44(26-39(37)53)63-21-8-7-9-22-64-45-27-40-38(25-43(45)62-4)47(57)54-31-51(17-18-51)28-41(54)48(58)55(40)50(60)66-20-6-2/h5-6,13-16,24-27,29,34-35,41,48,58H,1-2,7-12,17-23,28,30-31H2,3-4H3/t34-,41-,48?/m0/s1. The summed E-state index contributed by atoms with van der Waals surface area (Å²) in [7, 11) is 2.99. The van der Waals surface area contributed by atoms with Gasteiger partial charge in [-0.2, -0.15) is 0 Å². The Balaban J connectivity index is 0.858. The number of methoxy groups -OCH3 is 2. The third-order valence-electron chi connectivity index (χ3n) is 13.7. The summed E-state index contributed by atoms with van der Waals surface area (Å²) in [5, 5.41) is 12.4. The minimum atomic E-state index is -1.33. The van der Waals surface area contributed by atoms with Gasteiger partial charge in [0.25, 0.3) is 11.8 Å². The van der Waals surface area contributed by atoms with E-state index in [1.165, 1.54) is 55.4 Å². The molecular weight excluding hydrogens is 877 g/mol. The van der Waals surface area contributed by atoms with Gasteiger partial charge in [0.1, 0.15) is 13.2 Å². The van der Waals surface area contributed by atoms with Crippen LogP contribution in [0.4, 0.5) is 21.0 Å². The average molecular weight is 935 g/mol. The van der Waals surface area contributed by atoms with Crippen molar-refractivity contribution in [2.24, 2.45) is 5.41 Å². The number of rotatable bonds is 17. The van der Waals surface area contributed by atoms with Crippen LogP contribution in [0, 0.1) is 5.41 Å². The summed E-state index contributed by atoms with van der Waals surface area (Å²) >= 11 is 1.92. The van der Waals surface area contributed by atoms with E-state index in [-0.39, 0.29) is 60.9 Å². The molecule has 3 aromatic rings. The molecule has 0 radical (unpaired) electrons. The maximum absolute atomic E-state index is 14.4. The number of nitrogens with zero attached hydrogens (tertiary/aromatic N) is 4. The van der Waals surface area contributed by atoms with E-state index in [0.29, 0.717) is 84.8 Å². The van der Waals surface area contributed by atoms with E-state index in [1.54, 1.807) is 34.1 Å². The Morgan fingerprint density at radius 3 is 2.04 bits per heavy atom. The second kappa shape index (κ2) is 19.6. The first-order valence-electron chi connectivity index (χ1n) is 23.2. The van der Waals surface area contributed by atoms with Crippen molar-refractivity contribution in [3.8, 4) is 23.0 Å². The second-order valence-corrected chi connectivity index (χ2v) is 19.4. The number of hydrogen-bond acceptors (Lipinski definition) is 12. The molecule has 354 valence electrons. The lowest BCUT2D eigenvalue weighted by atomic mass is 10.00. The van der Waals surface area contributed by atoms with Crippen LogP contribution in [0.1, 0.15) is 90.5 Å². The van der Waals surface area contributed by atoms with Crippen LogP contribution in [0.15, 0.2) is 84.9 Å². The average Bonchev–Trinajstić information content (AvgIpc) is 3.83. The van der Waals surface area contributed by atoms with Gasteiger partial charge in [-0.15, -0.1) is 11.8 Å². The monoisotopic (exact) mass is 934 g/mol. The summed E-state index contributed by atoms with van der Waals surface area (Å²) in [6.07, 6.45) is 11.0. The van der Waals surface area contributed by atoms with Gasteiger partial charge in [-0.1, -0.05) is 43.9 Å². The van der Waals surface area contributed by atoms with Crippen LogP contribution < -0.4 is 28.7 Å². The number of fused-ring (bicyclic) bond motifs is 4. The van der Waals surface area contributed by atoms with E-state index in [2.05, 4.69) is 37.4 Å². The molecule has 1 unspecified atom stereocenters. The second-order valence-electron chi connectivity index (χ2n) is 18.0. The molecule has 0 aromatic heterocycles. The third kappa shape index (κ3) is 9.30. The molecule has 1 saturated heterocycles. The summed E-state index contributed by atoms with van der Waals surface area (Å²) in [6.45, 7) is 8.56. The number of aliphatic hydroxyl groups is 1. The molecular formula is C51H58N4O11S. The Bertz CT molecular complexity index is 2450. The molecule has 3 fully saturated rings. The van der Waals surface area contributed by atoms with Gasteiger partial charge in [-0.3, -0.25) is 14.5 Å². The zero-order valence-corrected chi connectivity index (χ0v) is 38.9. The van der Waals surface area contributed by atoms with E-state index >= 15 is 0 Å². The summed E-state index contributed by atoms with van der Waals surface area (Å²) in [5.74, 6) is 0.813. The number of unbranched alkanes of at least 4 members (excludes halogenated alkanes) is 2. The van der Waals surface area contributed by atoms with E-state index < -0.39 is 24.5 Å². The first kappa shape index (κ1) is 46.0. The van der Waals surface area contributed by atoms with Gasteiger partial charge < -0.3 is 43.3 Å².